The van der Waals surface area contributed by atoms with Crippen LogP contribution >= 0.6 is 0 Å². The van der Waals surface area contributed by atoms with Gasteiger partial charge < -0.3 is 10.0 Å². The molecule has 5 heteroatoms. The van der Waals surface area contributed by atoms with E-state index in [-0.39, 0.29) is 30.5 Å². The van der Waals surface area contributed by atoms with Crippen molar-refractivity contribution in [2.24, 2.45) is 0 Å². The van der Waals surface area contributed by atoms with Crippen LogP contribution in [0.3, 0.4) is 0 Å². The van der Waals surface area contributed by atoms with Gasteiger partial charge in [0.1, 0.15) is 0 Å². The van der Waals surface area contributed by atoms with Crippen molar-refractivity contribution in [1.29, 1.82) is 0 Å². The van der Waals surface area contributed by atoms with Gasteiger partial charge in [-0.2, -0.15) is 0 Å². The SMILES string of the molecule is Cc1ccccc1-c1ccc([C@H]2[C@H](CO)N3CCCCN(C(=O)c4cccnc4)C[C@@H]23)cc1. The molecule has 1 N–H and O–H groups in total. The Morgan fingerprint density at radius 1 is 1.03 bits per heavy atom. The molecule has 2 aliphatic heterocycles. The number of carbonyl (C=O) groups is 1. The summed E-state index contributed by atoms with van der Waals surface area (Å²) in [5.41, 5.74) is 5.60. The topological polar surface area (TPSA) is 56.7 Å². The zero-order valence-electron chi connectivity index (χ0n) is 19.1. The van der Waals surface area contributed by atoms with Crippen LogP contribution in [-0.4, -0.2) is 64.1 Å². The molecule has 0 bridgehead atoms. The molecule has 0 saturated carbocycles. The van der Waals surface area contributed by atoms with E-state index in [1.165, 1.54) is 22.3 Å². The van der Waals surface area contributed by atoms with Gasteiger partial charge in [0.15, 0.2) is 0 Å². The molecule has 0 unspecified atom stereocenters. The van der Waals surface area contributed by atoms with Crippen LogP contribution in [0, 0.1) is 6.92 Å². The molecule has 170 valence electrons. The minimum atomic E-state index is 0.0473. The summed E-state index contributed by atoms with van der Waals surface area (Å²) >= 11 is 0. The van der Waals surface area contributed by atoms with E-state index in [1.54, 1.807) is 12.4 Å². The Kier molecular flexibility index (Phi) is 6.25. The Balaban J connectivity index is 1.40. The van der Waals surface area contributed by atoms with E-state index in [4.69, 9.17) is 0 Å². The first-order valence-electron chi connectivity index (χ1n) is 11.9. The molecule has 3 atom stereocenters. The average molecular weight is 442 g/mol. The molecule has 2 saturated heterocycles. The predicted molar refractivity (Wildman–Crippen MR) is 130 cm³/mol. The van der Waals surface area contributed by atoms with Gasteiger partial charge in [-0.05, 0) is 60.7 Å². The van der Waals surface area contributed by atoms with Gasteiger partial charge in [-0.25, -0.2) is 0 Å². The van der Waals surface area contributed by atoms with Crippen LogP contribution in [0.5, 0.6) is 0 Å². The summed E-state index contributed by atoms with van der Waals surface area (Å²) < 4.78 is 0. The lowest BCUT2D eigenvalue weighted by Gasteiger charge is -2.57. The van der Waals surface area contributed by atoms with Gasteiger partial charge in [-0.3, -0.25) is 14.7 Å². The van der Waals surface area contributed by atoms with Crippen molar-refractivity contribution in [3.8, 4) is 11.1 Å². The first kappa shape index (κ1) is 21.8. The molecule has 1 amide bonds. The number of benzene rings is 2. The van der Waals surface area contributed by atoms with Gasteiger partial charge in [0.2, 0.25) is 0 Å². The molecule has 2 fully saturated rings. The second-order valence-corrected chi connectivity index (χ2v) is 9.22. The Morgan fingerprint density at radius 2 is 1.82 bits per heavy atom. The van der Waals surface area contributed by atoms with E-state index in [9.17, 15) is 9.90 Å². The van der Waals surface area contributed by atoms with Crippen LogP contribution in [0.15, 0.2) is 73.1 Å². The summed E-state index contributed by atoms with van der Waals surface area (Å²) in [6.07, 6.45) is 5.35. The van der Waals surface area contributed by atoms with Crippen molar-refractivity contribution in [3.05, 3.63) is 89.7 Å². The average Bonchev–Trinajstić information content (AvgIpc) is 2.84. The van der Waals surface area contributed by atoms with Gasteiger partial charge in [-0.15, -0.1) is 0 Å². The van der Waals surface area contributed by atoms with E-state index in [0.717, 1.165) is 25.9 Å². The normalized spacial score (nSPS) is 23.2. The number of aliphatic hydroxyl groups is 1. The largest absolute Gasteiger partial charge is 0.395 e. The van der Waals surface area contributed by atoms with E-state index in [2.05, 4.69) is 65.3 Å². The number of pyridine rings is 1. The molecule has 0 radical (unpaired) electrons. The highest BCUT2D eigenvalue weighted by molar-refractivity contribution is 5.93. The molecule has 33 heavy (non-hydrogen) atoms. The summed E-state index contributed by atoms with van der Waals surface area (Å²) in [4.78, 5) is 21.7. The van der Waals surface area contributed by atoms with Crippen LogP contribution in [0.4, 0.5) is 0 Å². The fraction of sp³-hybridized carbons (Fsp3) is 0.357. The second kappa shape index (κ2) is 9.46. The second-order valence-electron chi connectivity index (χ2n) is 9.22. The standard InChI is InChI=1S/C28H31N3O2/c1-20-7-2-3-9-24(20)21-10-12-22(13-11-21)27-25-18-30(28(33)23-8-6-14-29-17-23)15-4-5-16-31(25)26(27)19-32/h2-3,6-14,17,25-27,32H,4-5,15-16,18-19H2,1H3/t25-,26-,27+/m0/s1. The summed E-state index contributed by atoms with van der Waals surface area (Å²) in [7, 11) is 0. The van der Waals surface area contributed by atoms with Crippen molar-refractivity contribution >= 4 is 5.91 Å². The molecule has 5 nitrogen and oxygen atoms in total. The highest BCUT2D eigenvalue weighted by Crippen LogP contribution is 2.42. The van der Waals surface area contributed by atoms with Gasteiger partial charge in [0.25, 0.3) is 5.91 Å². The fourth-order valence-corrected chi connectivity index (χ4v) is 5.58. The molecule has 3 aromatic rings. The van der Waals surface area contributed by atoms with Crippen molar-refractivity contribution in [2.75, 3.05) is 26.2 Å². The Labute approximate surface area is 195 Å². The van der Waals surface area contributed by atoms with E-state index in [1.807, 2.05) is 17.0 Å². The number of hydrogen-bond donors (Lipinski definition) is 1. The number of rotatable bonds is 4. The predicted octanol–water partition coefficient (Wildman–Crippen LogP) is 4.12. The highest BCUT2D eigenvalue weighted by Gasteiger charge is 2.49. The van der Waals surface area contributed by atoms with E-state index < -0.39 is 0 Å². The van der Waals surface area contributed by atoms with Crippen molar-refractivity contribution in [1.82, 2.24) is 14.8 Å². The number of hydrogen-bond acceptors (Lipinski definition) is 4. The van der Waals surface area contributed by atoms with Gasteiger partial charge in [-0.1, -0.05) is 48.5 Å². The smallest absolute Gasteiger partial charge is 0.255 e. The highest BCUT2D eigenvalue weighted by atomic mass is 16.3. The van der Waals surface area contributed by atoms with Crippen LogP contribution in [0.25, 0.3) is 11.1 Å². The molecule has 2 aliphatic rings. The molecule has 2 aromatic carbocycles. The van der Waals surface area contributed by atoms with Crippen molar-refractivity contribution in [3.63, 3.8) is 0 Å². The number of amides is 1. The molecule has 0 aliphatic carbocycles. The maximum absolute atomic E-state index is 13.2. The van der Waals surface area contributed by atoms with Crippen LogP contribution in [-0.2, 0) is 0 Å². The van der Waals surface area contributed by atoms with Gasteiger partial charge in [0.05, 0.1) is 12.2 Å². The Morgan fingerprint density at radius 3 is 2.55 bits per heavy atom. The molecule has 0 spiro atoms. The summed E-state index contributed by atoms with van der Waals surface area (Å²) in [5, 5.41) is 10.2. The minimum Gasteiger partial charge on any atom is -0.395 e. The molecule has 3 heterocycles. The first-order valence-corrected chi connectivity index (χ1v) is 11.9. The zero-order chi connectivity index (χ0) is 22.8. The van der Waals surface area contributed by atoms with Crippen LogP contribution < -0.4 is 0 Å². The zero-order valence-corrected chi connectivity index (χ0v) is 19.1. The molecular weight excluding hydrogens is 410 g/mol. The maximum atomic E-state index is 13.2. The minimum absolute atomic E-state index is 0.0473. The summed E-state index contributed by atoms with van der Waals surface area (Å²) in [6, 6.07) is 21.2. The molecule has 1 aromatic heterocycles. The van der Waals surface area contributed by atoms with E-state index >= 15 is 0 Å². The van der Waals surface area contributed by atoms with E-state index in [0.29, 0.717) is 12.1 Å². The van der Waals surface area contributed by atoms with Crippen molar-refractivity contribution < 1.29 is 9.90 Å². The maximum Gasteiger partial charge on any atom is 0.255 e. The summed E-state index contributed by atoms with van der Waals surface area (Å²) in [5.74, 6) is 0.259. The lowest BCUT2D eigenvalue weighted by Crippen LogP contribution is -2.67. The monoisotopic (exact) mass is 441 g/mol. The number of carbonyl (C=O) groups excluding carboxylic acids is 1. The number of aromatic nitrogens is 1. The molecule has 5 rings (SSSR count). The fourth-order valence-electron chi connectivity index (χ4n) is 5.58. The Hall–Kier alpha value is -3.02. The summed E-state index contributed by atoms with van der Waals surface area (Å²) in [6.45, 7) is 4.69. The molecular formula is C28H31N3O2. The number of aliphatic hydroxyl groups excluding tert-OH is 1. The number of nitrogens with zero attached hydrogens (tertiary/aromatic N) is 3. The lowest BCUT2D eigenvalue weighted by molar-refractivity contribution is -0.0606. The third kappa shape index (κ3) is 4.19. The van der Waals surface area contributed by atoms with Gasteiger partial charge >= 0.3 is 0 Å². The third-order valence-corrected chi connectivity index (χ3v) is 7.32. The van der Waals surface area contributed by atoms with Crippen LogP contribution in [0.1, 0.15) is 40.2 Å². The third-order valence-electron chi connectivity index (χ3n) is 7.32. The van der Waals surface area contributed by atoms with Crippen molar-refractivity contribution in [2.45, 2.75) is 37.8 Å². The quantitative estimate of drug-likeness (QED) is 0.662. The first-order chi connectivity index (χ1) is 16.2. The Bertz CT molecular complexity index is 1100. The number of aryl methyl sites for hydroxylation is 1. The van der Waals surface area contributed by atoms with Gasteiger partial charge in [0, 0.05) is 43.5 Å². The lowest BCUT2D eigenvalue weighted by atomic mass is 9.74. The number of fused-ring (bicyclic) bond motifs is 1. The van der Waals surface area contributed by atoms with Crippen LogP contribution in [0.2, 0.25) is 0 Å².